The van der Waals surface area contributed by atoms with Crippen LogP contribution in [0.3, 0.4) is 0 Å². The lowest BCUT2D eigenvalue weighted by atomic mass is 10.00. The average molecular weight is 511 g/mol. The van der Waals surface area contributed by atoms with Crippen molar-refractivity contribution < 1.29 is 19.1 Å². The van der Waals surface area contributed by atoms with E-state index in [1.807, 2.05) is 11.0 Å². The van der Waals surface area contributed by atoms with Gasteiger partial charge in [-0.25, -0.2) is 0 Å². The fourth-order valence-electron chi connectivity index (χ4n) is 5.96. The van der Waals surface area contributed by atoms with Crippen molar-refractivity contribution in [1.82, 2.24) is 9.80 Å². The summed E-state index contributed by atoms with van der Waals surface area (Å²) < 4.78 is 12.1. The van der Waals surface area contributed by atoms with E-state index >= 15 is 0 Å². The van der Waals surface area contributed by atoms with Crippen LogP contribution in [0.25, 0.3) is 0 Å². The monoisotopic (exact) mass is 510 g/mol. The number of fused-ring (bicyclic) bond motifs is 1. The number of amides is 2. The Morgan fingerprint density at radius 1 is 1.14 bits per heavy atom. The van der Waals surface area contributed by atoms with E-state index in [2.05, 4.69) is 37.4 Å². The molecule has 2 atom stereocenters. The molecule has 6 nitrogen and oxygen atoms in total. The van der Waals surface area contributed by atoms with Crippen LogP contribution < -0.4 is 4.74 Å². The number of ether oxygens (including phenoxy) is 2. The van der Waals surface area contributed by atoms with Crippen molar-refractivity contribution in [3.05, 3.63) is 51.2 Å². The second-order valence-electron chi connectivity index (χ2n) is 10.6. The Kier molecular flexibility index (Phi) is 7.96. The zero-order valence-corrected chi connectivity index (χ0v) is 22.4. The number of hydrogen-bond donors (Lipinski definition) is 0. The lowest BCUT2D eigenvalue weighted by molar-refractivity contribution is -0.146. The highest BCUT2D eigenvalue weighted by molar-refractivity contribution is 7.10. The third-order valence-electron chi connectivity index (χ3n) is 7.93. The van der Waals surface area contributed by atoms with Crippen molar-refractivity contribution in [2.24, 2.45) is 5.92 Å². The molecule has 0 N–H and O–H groups in total. The Balaban J connectivity index is 1.32. The molecule has 2 amide bonds. The lowest BCUT2D eigenvalue weighted by Gasteiger charge is -2.37. The maximum Gasteiger partial charge on any atom is 0.242 e. The summed E-state index contributed by atoms with van der Waals surface area (Å²) in [5.74, 6) is 1.04. The number of nitrogens with zero attached hydrogens (tertiary/aromatic N) is 2. The molecular formula is C29H38N2O4S. The van der Waals surface area contributed by atoms with Gasteiger partial charge in [-0.2, -0.15) is 0 Å². The summed E-state index contributed by atoms with van der Waals surface area (Å²) in [6, 6.07) is 8.16. The molecule has 3 aliphatic rings. The van der Waals surface area contributed by atoms with E-state index in [0.717, 1.165) is 62.9 Å². The van der Waals surface area contributed by atoms with Gasteiger partial charge in [0, 0.05) is 30.5 Å². The van der Waals surface area contributed by atoms with E-state index in [1.54, 1.807) is 16.2 Å². The van der Waals surface area contributed by atoms with Crippen molar-refractivity contribution in [2.75, 3.05) is 32.8 Å². The van der Waals surface area contributed by atoms with E-state index in [-0.39, 0.29) is 36.4 Å². The number of thiophene rings is 1. The molecule has 1 saturated heterocycles. The van der Waals surface area contributed by atoms with Gasteiger partial charge in [-0.1, -0.05) is 30.5 Å². The summed E-state index contributed by atoms with van der Waals surface area (Å²) in [5.41, 5.74) is 3.48. The van der Waals surface area contributed by atoms with Gasteiger partial charge >= 0.3 is 0 Å². The largest absolute Gasteiger partial charge is 0.491 e. The van der Waals surface area contributed by atoms with Crippen LogP contribution >= 0.6 is 11.3 Å². The maximum atomic E-state index is 13.8. The molecular weight excluding hydrogens is 472 g/mol. The van der Waals surface area contributed by atoms with Gasteiger partial charge in [0.2, 0.25) is 11.8 Å². The van der Waals surface area contributed by atoms with Crippen LogP contribution in [0.2, 0.25) is 0 Å². The third kappa shape index (κ3) is 5.62. The van der Waals surface area contributed by atoms with Crippen molar-refractivity contribution in [2.45, 2.75) is 70.9 Å². The number of carbonyl (C=O) groups excluding carboxylic acids is 2. The number of aryl methyl sites for hydroxylation is 2. The number of benzene rings is 1. The summed E-state index contributed by atoms with van der Waals surface area (Å²) in [7, 11) is 0. The van der Waals surface area contributed by atoms with Crippen LogP contribution in [-0.2, 0) is 20.7 Å². The quantitative estimate of drug-likeness (QED) is 0.498. The molecule has 36 heavy (non-hydrogen) atoms. The van der Waals surface area contributed by atoms with Gasteiger partial charge in [0.25, 0.3) is 0 Å². The predicted molar refractivity (Wildman–Crippen MR) is 141 cm³/mol. The van der Waals surface area contributed by atoms with Crippen LogP contribution in [0.4, 0.5) is 0 Å². The van der Waals surface area contributed by atoms with E-state index in [0.29, 0.717) is 19.7 Å². The molecule has 2 fully saturated rings. The molecule has 1 saturated carbocycles. The Morgan fingerprint density at radius 3 is 2.72 bits per heavy atom. The molecule has 0 radical (unpaired) electrons. The second kappa shape index (κ2) is 11.3. The first-order chi connectivity index (χ1) is 17.5. The smallest absolute Gasteiger partial charge is 0.242 e. The molecule has 0 unspecified atom stereocenters. The standard InChI is InChI=1S/C29H38N2O4S/c1-20-9-10-26(21(2)16-20)35-19-25-24-12-15-36-27(24)11-13-31(25)28(32)18-30(17-23-8-5-14-34-23)29(33)22-6-3-4-7-22/h9-10,12,15-16,22-23,25H,3-8,11,13-14,17-19H2,1-2H3/t23-,25-/m0/s1. The van der Waals surface area contributed by atoms with Crippen molar-refractivity contribution in [3.63, 3.8) is 0 Å². The maximum absolute atomic E-state index is 13.8. The Labute approximate surface area is 218 Å². The van der Waals surface area contributed by atoms with Crippen LogP contribution in [0.1, 0.15) is 66.1 Å². The molecule has 0 spiro atoms. The molecule has 2 aliphatic heterocycles. The van der Waals surface area contributed by atoms with Gasteiger partial charge < -0.3 is 19.3 Å². The van der Waals surface area contributed by atoms with Crippen LogP contribution in [0.5, 0.6) is 5.75 Å². The first kappa shape index (κ1) is 25.3. The van der Waals surface area contributed by atoms with Gasteiger partial charge in [-0.3, -0.25) is 9.59 Å². The van der Waals surface area contributed by atoms with E-state index in [9.17, 15) is 9.59 Å². The first-order valence-electron chi connectivity index (χ1n) is 13.5. The predicted octanol–water partition coefficient (Wildman–Crippen LogP) is 5.07. The van der Waals surface area contributed by atoms with Gasteiger partial charge in [0.1, 0.15) is 12.4 Å². The van der Waals surface area contributed by atoms with E-state index in [4.69, 9.17) is 9.47 Å². The summed E-state index contributed by atoms with van der Waals surface area (Å²) >= 11 is 1.75. The number of carbonyl (C=O) groups is 2. The molecule has 1 aliphatic carbocycles. The Morgan fingerprint density at radius 2 is 1.97 bits per heavy atom. The zero-order chi connectivity index (χ0) is 25.1. The van der Waals surface area contributed by atoms with Gasteiger partial charge in [0.05, 0.1) is 18.7 Å². The highest BCUT2D eigenvalue weighted by atomic mass is 32.1. The molecule has 1 aromatic carbocycles. The minimum atomic E-state index is -0.153. The molecule has 5 rings (SSSR count). The highest BCUT2D eigenvalue weighted by Gasteiger charge is 2.36. The van der Waals surface area contributed by atoms with Crippen LogP contribution in [-0.4, -0.2) is 60.6 Å². The third-order valence-corrected chi connectivity index (χ3v) is 8.93. The van der Waals surface area contributed by atoms with Crippen molar-refractivity contribution >= 4 is 23.2 Å². The zero-order valence-electron chi connectivity index (χ0n) is 21.5. The molecule has 2 aromatic rings. The number of hydrogen-bond acceptors (Lipinski definition) is 5. The summed E-state index contributed by atoms with van der Waals surface area (Å²) in [4.78, 5) is 32.3. The fourth-order valence-corrected chi connectivity index (χ4v) is 6.88. The molecule has 194 valence electrons. The van der Waals surface area contributed by atoms with Crippen molar-refractivity contribution in [1.29, 1.82) is 0 Å². The number of rotatable bonds is 8. The Hall–Kier alpha value is -2.38. The van der Waals surface area contributed by atoms with E-state index in [1.165, 1.54) is 16.0 Å². The van der Waals surface area contributed by atoms with E-state index < -0.39 is 0 Å². The minimum Gasteiger partial charge on any atom is -0.491 e. The summed E-state index contributed by atoms with van der Waals surface area (Å²) in [6.07, 6.45) is 6.93. The first-order valence-corrected chi connectivity index (χ1v) is 14.3. The average Bonchev–Trinajstić information content (AvgIpc) is 3.65. The molecule has 7 heteroatoms. The minimum absolute atomic E-state index is 0.00502. The van der Waals surface area contributed by atoms with Crippen molar-refractivity contribution in [3.8, 4) is 5.75 Å². The highest BCUT2D eigenvalue weighted by Crippen LogP contribution is 2.35. The molecule has 3 heterocycles. The normalized spacial score (nSPS) is 22.0. The second-order valence-corrected chi connectivity index (χ2v) is 11.6. The lowest BCUT2D eigenvalue weighted by Crippen LogP contribution is -2.50. The molecule has 1 aromatic heterocycles. The topological polar surface area (TPSA) is 59.1 Å². The van der Waals surface area contributed by atoms with Gasteiger partial charge in [0.15, 0.2) is 0 Å². The summed E-state index contributed by atoms with van der Waals surface area (Å²) in [6.45, 7) is 6.57. The van der Waals surface area contributed by atoms with Gasteiger partial charge in [-0.15, -0.1) is 11.3 Å². The SMILES string of the molecule is Cc1ccc(OC[C@H]2c3ccsc3CCN2C(=O)CN(C[C@@H]2CCCO2)C(=O)C2CCCC2)c(C)c1. The fraction of sp³-hybridized carbons (Fsp3) is 0.586. The summed E-state index contributed by atoms with van der Waals surface area (Å²) in [5, 5.41) is 2.11. The van der Waals surface area contributed by atoms with Crippen LogP contribution in [0, 0.1) is 19.8 Å². The van der Waals surface area contributed by atoms with Gasteiger partial charge in [-0.05, 0) is 74.6 Å². The van der Waals surface area contributed by atoms with Crippen LogP contribution in [0.15, 0.2) is 29.6 Å². The molecule has 0 bridgehead atoms. The Bertz CT molecular complexity index is 1070.